The molecule has 0 radical (unpaired) electrons. The fourth-order valence-corrected chi connectivity index (χ4v) is 2.37. The number of pyridine rings is 1. The van der Waals surface area contributed by atoms with E-state index in [9.17, 15) is 4.79 Å². The molecule has 88 valence electrons. The zero-order valence-electron chi connectivity index (χ0n) is 9.20. The lowest BCUT2D eigenvalue weighted by Crippen LogP contribution is -2.25. The molecular formula is C12H10BrClN2O. The highest BCUT2D eigenvalue weighted by Crippen LogP contribution is 2.33. The molecule has 2 heterocycles. The number of rotatable bonds is 1. The summed E-state index contributed by atoms with van der Waals surface area (Å²) in [6, 6.07) is 1.81. The van der Waals surface area contributed by atoms with Crippen LogP contribution in [0.15, 0.2) is 10.5 Å². The normalized spacial score (nSPS) is 19.5. The molecule has 1 aliphatic heterocycles. The lowest BCUT2D eigenvalue weighted by Gasteiger charge is -2.17. The standard InChI is InChI=1S/C12H10BrClN2O/c1-3-8-4-11(17)16(6-8)10-5-9(13)7(2)15-12(10)14/h1,5,8H,4,6H2,2H3. The molecule has 17 heavy (non-hydrogen) atoms. The third kappa shape index (κ3) is 2.31. The van der Waals surface area contributed by atoms with E-state index in [1.807, 2.05) is 13.0 Å². The van der Waals surface area contributed by atoms with Gasteiger partial charge in [0.25, 0.3) is 0 Å². The van der Waals surface area contributed by atoms with Crippen molar-refractivity contribution in [1.29, 1.82) is 0 Å². The molecule has 3 nitrogen and oxygen atoms in total. The first-order valence-corrected chi connectivity index (χ1v) is 6.29. The molecule has 1 aromatic rings. The number of aromatic nitrogens is 1. The van der Waals surface area contributed by atoms with E-state index in [1.165, 1.54) is 0 Å². The molecule has 0 N–H and O–H groups in total. The van der Waals surface area contributed by atoms with E-state index in [-0.39, 0.29) is 11.8 Å². The van der Waals surface area contributed by atoms with Gasteiger partial charge in [0.2, 0.25) is 5.91 Å². The Morgan fingerprint density at radius 2 is 2.41 bits per heavy atom. The maximum absolute atomic E-state index is 11.8. The average Bonchev–Trinajstić information content (AvgIpc) is 2.65. The molecule has 1 atom stereocenters. The van der Waals surface area contributed by atoms with E-state index in [2.05, 4.69) is 26.8 Å². The van der Waals surface area contributed by atoms with Gasteiger partial charge in [0.05, 0.1) is 11.4 Å². The fourth-order valence-electron chi connectivity index (χ4n) is 1.78. The molecule has 0 spiro atoms. The van der Waals surface area contributed by atoms with E-state index in [4.69, 9.17) is 18.0 Å². The van der Waals surface area contributed by atoms with Crippen molar-refractivity contribution in [2.45, 2.75) is 13.3 Å². The van der Waals surface area contributed by atoms with Gasteiger partial charge in [-0.3, -0.25) is 4.79 Å². The van der Waals surface area contributed by atoms with Gasteiger partial charge in [-0.25, -0.2) is 4.98 Å². The van der Waals surface area contributed by atoms with Crippen molar-refractivity contribution in [2.75, 3.05) is 11.4 Å². The Labute approximate surface area is 113 Å². The van der Waals surface area contributed by atoms with Crippen LogP contribution in [0.4, 0.5) is 5.69 Å². The van der Waals surface area contributed by atoms with Crippen LogP contribution in [0.5, 0.6) is 0 Å². The molecular weight excluding hydrogens is 304 g/mol. The third-order valence-electron chi connectivity index (χ3n) is 2.74. The van der Waals surface area contributed by atoms with E-state index < -0.39 is 0 Å². The molecule has 1 aliphatic rings. The van der Waals surface area contributed by atoms with Crippen molar-refractivity contribution >= 4 is 39.1 Å². The largest absolute Gasteiger partial charge is 0.308 e. The van der Waals surface area contributed by atoms with Crippen molar-refractivity contribution < 1.29 is 4.79 Å². The van der Waals surface area contributed by atoms with Crippen LogP contribution in [-0.2, 0) is 4.79 Å². The third-order valence-corrected chi connectivity index (χ3v) is 3.82. The van der Waals surface area contributed by atoms with Gasteiger partial charge in [-0.1, -0.05) is 11.6 Å². The second-order valence-corrected chi connectivity index (χ2v) is 5.15. The van der Waals surface area contributed by atoms with Crippen molar-refractivity contribution in [3.8, 4) is 12.3 Å². The van der Waals surface area contributed by atoms with Crippen LogP contribution in [0, 0.1) is 25.2 Å². The Balaban J connectivity index is 2.39. The van der Waals surface area contributed by atoms with Gasteiger partial charge in [0, 0.05) is 23.4 Å². The van der Waals surface area contributed by atoms with Crippen LogP contribution in [-0.4, -0.2) is 17.4 Å². The first kappa shape index (κ1) is 12.4. The van der Waals surface area contributed by atoms with E-state index in [0.29, 0.717) is 23.8 Å². The van der Waals surface area contributed by atoms with Gasteiger partial charge in [-0.15, -0.1) is 12.3 Å². The van der Waals surface area contributed by atoms with Crippen molar-refractivity contribution in [3.05, 3.63) is 21.4 Å². The summed E-state index contributed by atoms with van der Waals surface area (Å²) in [5.74, 6) is 2.55. The Morgan fingerprint density at radius 3 is 3.00 bits per heavy atom. The number of hydrogen-bond acceptors (Lipinski definition) is 2. The summed E-state index contributed by atoms with van der Waals surface area (Å²) in [6.07, 6.45) is 5.71. The summed E-state index contributed by atoms with van der Waals surface area (Å²) in [6.45, 7) is 2.35. The van der Waals surface area contributed by atoms with E-state index in [1.54, 1.807) is 4.90 Å². The minimum atomic E-state index is -0.0429. The molecule has 2 rings (SSSR count). The van der Waals surface area contributed by atoms with Gasteiger partial charge < -0.3 is 4.90 Å². The monoisotopic (exact) mass is 312 g/mol. The zero-order valence-corrected chi connectivity index (χ0v) is 11.5. The molecule has 1 saturated heterocycles. The number of carbonyl (C=O) groups is 1. The second kappa shape index (κ2) is 4.67. The number of hydrogen-bond donors (Lipinski definition) is 0. The highest BCUT2D eigenvalue weighted by atomic mass is 79.9. The molecule has 0 aromatic carbocycles. The number of anilines is 1. The molecule has 0 aliphatic carbocycles. The molecule has 0 bridgehead atoms. The molecule has 1 aromatic heterocycles. The minimum absolute atomic E-state index is 0.00703. The number of nitrogens with zero attached hydrogens (tertiary/aromatic N) is 2. The maximum atomic E-state index is 11.8. The topological polar surface area (TPSA) is 33.2 Å². The van der Waals surface area contributed by atoms with E-state index in [0.717, 1.165) is 10.2 Å². The Bertz CT molecular complexity index is 524. The Morgan fingerprint density at radius 1 is 1.71 bits per heavy atom. The fraction of sp³-hybridized carbons (Fsp3) is 0.333. The highest BCUT2D eigenvalue weighted by Gasteiger charge is 2.31. The maximum Gasteiger partial charge on any atom is 0.228 e. The van der Waals surface area contributed by atoms with Crippen LogP contribution < -0.4 is 4.90 Å². The Hall–Kier alpha value is -1.05. The van der Waals surface area contributed by atoms with Crippen molar-refractivity contribution in [2.24, 2.45) is 5.92 Å². The molecule has 0 saturated carbocycles. The summed E-state index contributed by atoms with van der Waals surface area (Å²) in [7, 11) is 0. The van der Waals surface area contributed by atoms with Crippen LogP contribution in [0.2, 0.25) is 5.15 Å². The molecule has 1 amide bonds. The Kier molecular flexibility index (Phi) is 3.41. The first-order valence-electron chi connectivity index (χ1n) is 5.12. The van der Waals surface area contributed by atoms with E-state index >= 15 is 0 Å². The van der Waals surface area contributed by atoms with Crippen LogP contribution in [0.25, 0.3) is 0 Å². The smallest absolute Gasteiger partial charge is 0.228 e. The number of terminal acetylenes is 1. The number of amides is 1. The van der Waals surface area contributed by atoms with Gasteiger partial charge in [-0.2, -0.15) is 0 Å². The van der Waals surface area contributed by atoms with Gasteiger partial charge in [0.1, 0.15) is 0 Å². The van der Waals surface area contributed by atoms with Crippen LogP contribution >= 0.6 is 27.5 Å². The van der Waals surface area contributed by atoms with Crippen molar-refractivity contribution in [1.82, 2.24) is 4.98 Å². The number of aryl methyl sites for hydroxylation is 1. The van der Waals surface area contributed by atoms with Crippen LogP contribution in [0.1, 0.15) is 12.1 Å². The quantitative estimate of drug-likeness (QED) is 0.590. The SMILES string of the molecule is C#CC1CC(=O)N(c2cc(Br)c(C)nc2Cl)C1. The zero-order chi connectivity index (χ0) is 12.6. The lowest BCUT2D eigenvalue weighted by molar-refractivity contribution is -0.117. The molecule has 1 unspecified atom stereocenters. The average molecular weight is 314 g/mol. The lowest BCUT2D eigenvalue weighted by atomic mass is 10.1. The van der Waals surface area contributed by atoms with Crippen molar-refractivity contribution in [3.63, 3.8) is 0 Å². The predicted octanol–water partition coefficient (Wildman–Crippen LogP) is 2.79. The number of halogens is 2. The predicted molar refractivity (Wildman–Crippen MR) is 71.0 cm³/mol. The molecule has 1 fully saturated rings. The summed E-state index contributed by atoms with van der Waals surface area (Å²) in [5, 5.41) is 0.330. The van der Waals surface area contributed by atoms with Gasteiger partial charge >= 0.3 is 0 Å². The first-order chi connectivity index (χ1) is 8.02. The van der Waals surface area contributed by atoms with Gasteiger partial charge in [-0.05, 0) is 28.9 Å². The highest BCUT2D eigenvalue weighted by molar-refractivity contribution is 9.10. The second-order valence-electron chi connectivity index (χ2n) is 3.94. The summed E-state index contributed by atoms with van der Waals surface area (Å²) < 4.78 is 0.828. The van der Waals surface area contributed by atoms with Crippen LogP contribution in [0.3, 0.4) is 0 Å². The minimum Gasteiger partial charge on any atom is -0.308 e. The summed E-state index contributed by atoms with van der Waals surface area (Å²) in [4.78, 5) is 17.6. The molecule has 5 heteroatoms. The summed E-state index contributed by atoms with van der Waals surface area (Å²) >= 11 is 9.44. The van der Waals surface area contributed by atoms with Gasteiger partial charge in [0.15, 0.2) is 5.15 Å². The number of carbonyl (C=O) groups excluding carboxylic acids is 1. The summed E-state index contributed by atoms with van der Waals surface area (Å²) in [5.41, 5.74) is 1.41.